The van der Waals surface area contributed by atoms with Crippen molar-refractivity contribution in [1.29, 1.82) is 0 Å². The van der Waals surface area contributed by atoms with Crippen molar-refractivity contribution in [2.45, 2.75) is 6.92 Å². The maximum Gasteiger partial charge on any atom is 0.329 e. The predicted molar refractivity (Wildman–Crippen MR) is 95.0 cm³/mol. The summed E-state index contributed by atoms with van der Waals surface area (Å²) in [5.41, 5.74) is 3.32. The van der Waals surface area contributed by atoms with Crippen LogP contribution in [0, 0.1) is 0 Å². The SMILES string of the molecule is CCOc1ccccc1NC(=O)C(=O)N/N=C/c1cccc(OC)c1. The Morgan fingerprint density at radius 3 is 2.68 bits per heavy atom. The molecule has 0 spiro atoms. The van der Waals surface area contributed by atoms with E-state index < -0.39 is 11.8 Å². The average Bonchev–Trinajstić information content (AvgIpc) is 2.63. The predicted octanol–water partition coefficient (Wildman–Crippen LogP) is 2.18. The summed E-state index contributed by atoms with van der Waals surface area (Å²) in [6.07, 6.45) is 1.42. The second kappa shape index (κ2) is 9.07. The standard InChI is InChI=1S/C18H19N3O4/c1-3-25-16-10-5-4-9-15(16)20-17(22)18(23)21-19-12-13-7-6-8-14(11-13)24-2/h4-12H,3H2,1-2H3,(H,20,22)(H,21,23)/b19-12+. The van der Waals surface area contributed by atoms with Gasteiger partial charge in [-0.1, -0.05) is 24.3 Å². The number of amides is 2. The molecule has 0 bridgehead atoms. The Morgan fingerprint density at radius 2 is 1.92 bits per heavy atom. The number of hydrogen-bond donors (Lipinski definition) is 2. The van der Waals surface area contributed by atoms with E-state index in [1.807, 2.05) is 6.92 Å². The molecular formula is C18H19N3O4. The quantitative estimate of drug-likeness (QED) is 0.479. The van der Waals surface area contributed by atoms with Crippen molar-refractivity contribution in [2.24, 2.45) is 5.10 Å². The van der Waals surface area contributed by atoms with E-state index >= 15 is 0 Å². The van der Waals surface area contributed by atoms with E-state index in [-0.39, 0.29) is 0 Å². The molecule has 0 fully saturated rings. The summed E-state index contributed by atoms with van der Waals surface area (Å²) in [4.78, 5) is 23.8. The second-order valence-electron chi connectivity index (χ2n) is 4.86. The molecule has 2 amide bonds. The third-order valence-electron chi connectivity index (χ3n) is 3.11. The first-order valence-corrected chi connectivity index (χ1v) is 7.64. The lowest BCUT2D eigenvalue weighted by Gasteiger charge is -2.10. The van der Waals surface area contributed by atoms with Gasteiger partial charge >= 0.3 is 11.8 Å². The maximum atomic E-state index is 11.9. The molecule has 7 nitrogen and oxygen atoms in total. The van der Waals surface area contributed by atoms with Gasteiger partial charge in [-0.15, -0.1) is 0 Å². The first-order valence-electron chi connectivity index (χ1n) is 7.64. The summed E-state index contributed by atoms with van der Waals surface area (Å²) in [5, 5.41) is 6.26. The molecule has 2 aromatic carbocycles. The highest BCUT2D eigenvalue weighted by Gasteiger charge is 2.15. The van der Waals surface area contributed by atoms with Crippen molar-refractivity contribution in [1.82, 2.24) is 5.43 Å². The molecule has 2 N–H and O–H groups in total. The largest absolute Gasteiger partial charge is 0.497 e. The first kappa shape index (κ1) is 18.0. The Labute approximate surface area is 145 Å². The molecule has 0 aliphatic rings. The summed E-state index contributed by atoms with van der Waals surface area (Å²) < 4.78 is 10.5. The zero-order valence-electron chi connectivity index (χ0n) is 14.0. The van der Waals surface area contributed by atoms with Gasteiger partial charge in [0.15, 0.2) is 0 Å². The fraction of sp³-hybridized carbons (Fsp3) is 0.167. The van der Waals surface area contributed by atoms with Crippen molar-refractivity contribution < 1.29 is 19.1 Å². The van der Waals surface area contributed by atoms with E-state index in [1.165, 1.54) is 6.21 Å². The zero-order chi connectivity index (χ0) is 18.1. The molecule has 25 heavy (non-hydrogen) atoms. The highest BCUT2D eigenvalue weighted by molar-refractivity contribution is 6.39. The number of hydrazone groups is 1. The molecule has 130 valence electrons. The van der Waals surface area contributed by atoms with E-state index in [1.54, 1.807) is 55.6 Å². The minimum atomic E-state index is -0.884. The van der Waals surface area contributed by atoms with Crippen LogP contribution >= 0.6 is 0 Å². The Balaban J connectivity index is 1.94. The van der Waals surface area contributed by atoms with E-state index in [0.717, 1.165) is 5.56 Å². The van der Waals surface area contributed by atoms with Gasteiger partial charge in [0.1, 0.15) is 11.5 Å². The van der Waals surface area contributed by atoms with E-state index in [0.29, 0.717) is 23.8 Å². The lowest BCUT2D eigenvalue weighted by molar-refractivity contribution is -0.136. The summed E-state index contributed by atoms with van der Waals surface area (Å²) in [7, 11) is 1.56. The van der Waals surface area contributed by atoms with Gasteiger partial charge in [0.05, 0.1) is 25.6 Å². The van der Waals surface area contributed by atoms with Crippen LogP contribution in [0.25, 0.3) is 0 Å². The minimum Gasteiger partial charge on any atom is -0.497 e. The molecule has 0 aliphatic heterocycles. The maximum absolute atomic E-state index is 11.9. The number of anilines is 1. The third kappa shape index (κ3) is 5.35. The molecular weight excluding hydrogens is 322 g/mol. The Kier molecular flexibility index (Phi) is 6.53. The van der Waals surface area contributed by atoms with Crippen LogP contribution in [0.5, 0.6) is 11.5 Å². The molecule has 0 radical (unpaired) electrons. The van der Waals surface area contributed by atoms with Gasteiger partial charge in [-0.3, -0.25) is 9.59 Å². The van der Waals surface area contributed by atoms with Crippen molar-refractivity contribution >= 4 is 23.7 Å². The van der Waals surface area contributed by atoms with Gasteiger partial charge in [0, 0.05) is 0 Å². The molecule has 0 saturated heterocycles. The molecule has 0 unspecified atom stereocenters. The van der Waals surface area contributed by atoms with Gasteiger partial charge < -0.3 is 14.8 Å². The fourth-order valence-electron chi connectivity index (χ4n) is 1.97. The second-order valence-corrected chi connectivity index (χ2v) is 4.86. The Morgan fingerprint density at radius 1 is 1.12 bits per heavy atom. The Hall–Kier alpha value is -3.35. The fourth-order valence-corrected chi connectivity index (χ4v) is 1.97. The number of carbonyl (C=O) groups is 2. The number of hydrogen-bond acceptors (Lipinski definition) is 5. The zero-order valence-corrected chi connectivity index (χ0v) is 14.0. The number of ether oxygens (including phenoxy) is 2. The van der Waals surface area contributed by atoms with Crippen LogP contribution in [-0.4, -0.2) is 31.7 Å². The normalized spacial score (nSPS) is 10.3. The lowest BCUT2D eigenvalue weighted by atomic mass is 10.2. The van der Waals surface area contributed by atoms with E-state index in [4.69, 9.17) is 9.47 Å². The monoisotopic (exact) mass is 341 g/mol. The van der Waals surface area contributed by atoms with Gasteiger partial charge in [0.2, 0.25) is 0 Å². The van der Waals surface area contributed by atoms with Crippen LogP contribution in [0.3, 0.4) is 0 Å². The molecule has 7 heteroatoms. The lowest BCUT2D eigenvalue weighted by Crippen LogP contribution is -2.32. The van der Waals surface area contributed by atoms with Crippen LogP contribution in [0.1, 0.15) is 12.5 Å². The van der Waals surface area contributed by atoms with E-state index in [2.05, 4.69) is 15.8 Å². The molecule has 0 aromatic heterocycles. The third-order valence-corrected chi connectivity index (χ3v) is 3.11. The van der Waals surface area contributed by atoms with Crippen molar-refractivity contribution in [2.75, 3.05) is 19.0 Å². The smallest absolute Gasteiger partial charge is 0.329 e. The number of benzene rings is 2. The molecule has 0 atom stereocenters. The van der Waals surface area contributed by atoms with Crippen LogP contribution in [0.2, 0.25) is 0 Å². The number of methoxy groups -OCH3 is 1. The van der Waals surface area contributed by atoms with E-state index in [9.17, 15) is 9.59 Å². The van der Waals surface area contributed by atoms with Crippen LogP contribution in [0.4, 0.5) is 5.69 Å². The van der Waals surface area contributed by atoms with Gasteiger partial charge in [-0.05, 0) is 36.8 Å². The topological polar surface area (TPSA) is 89.0 Å². The summed E-state index contributed by atoms with van der Waals surface area (Å²) in [5.74, 6) is -0.563. The molecule has 0 saturated carbocycles. The molecule has 0 aliphatic carbocycles. The first-order chi connectivity index (χ1) is 12.1. The van der Waals surface area contributed by atoms with Crippen molar-refractivity contribution in [3.05, 3.63) is 54.1 Å². The number of rotatable bonds is 6. The highest BCUT2D eigenvalue weighted by atomic mass is 16.5. The van der Waals surface area contributed by atoms with Crippen molar-refractivity contribution in [3.8, 4) is 11.5 Å². The summed E-state index contributed by atoms with van der Waals surface area (Å²) in [6.45, 7) is 2.28. The number of para-hydroxylation sites is 2. The van der Waals surface area contributed by atoms with Gasteiger partial charge in [-0.2, -0.15) is 5.10 Å². The molecule has 0 heterocycles. The van der Waals surface area contributed by atoms with Crippen LogP contribution in [-0.2, 0) is 9.59 Å². The van der Waals surface area contributed by atoms with Gasteiger partial charge in [0.25, 0.3) is 0 Å². The Bertz CT molecular complexity index is 774. The van der Waals surface area contributed by atoms with Crippen molar-refractivity contribution in [3.63, 3.8) is 0 Å². The van der Waals surface area contributed by atoms with Crippen LogP contribution in [0.15, 0.2) is 53.6 Å². The number of nitrogens with one attached hydrogen (secondary N) is 2. The van der Waals surface area contributed by atoms with Gasteiger partial charge in [-0.25, -0.2) is 5.43 Å². The number of carbonyl (C=O) groups excluding carboxylic acids is 2. The molecule has 2 rings (SSSR count). The minimum absolute atomic E-state index is 0.418. The average molecular weight is 341 g/mol. The summed E-state index contributed by atoms with van der Waals surface area (Å²) in [6, 6.07) is 14.0. The number of nitrogens with zero attached hydrogens (tertiary/aromatic N) is 1. The summed E-state index contributed by atoms with van der Waals surface area (Å²) >= 11 is 0. The highest BCUT2D eigenvalue weighted by Crippen LogP contribution is 2.23. The van der Waals surface area contributed by atoms with Crippen LogP contribution < -0.4 is 20.2 Å². The molecule has 2 aromatic rings.